The van der Waals surface area contributed by atoms with E-state index >= 15 is 0 Å². The van der Waals surface area contributed by atoms with E-state index in [2.05, 4.69) is 0 Å². The molecular formula is C26H34N2O4. The minimum atomic E-state index is -0.677. The van der Waals surface area contributed by atoms with Crippen LogP contribution in [0.15, 0.2) is 42.5 Å². The first-order valence-corrected chi connectivity index (χ1v) is 11.2. The fraction of sp³-hybridized carbons (Fsp3) is 0.462. The Kier molecular flexibility index (Phi) is 6.82. The summed E-state index contributed by atoms with van der Waals surface area (Å²) in [6.07, 6.45) is 1.20. The van der Waals surface area contributed by atoms with E-state index < -0.39 is 17.6 Å². The van der Waals surface area contributed by atoms with Crippen molar-refractivity contribution in [3.63, 3.8) is 0 Å². The molecule has 1 heterocycles. The molecule has 0 bridgehead atoms. The Balaban J connectivity index is 2.02. The predicted octanol–water partition coefficient (Wildman–Crippen LogP) is 4.40. The highest BCUT2D eigenvalue weighted by atomic mass is 16.6. The number of hydrogen-bond donors (Lipinski definition) is 2. The standard InChI is InChI=1S/C26H34N2O4/c1-6-16(2)23(25(31)32-26(3,4)5)28-15-18-14-19(27)9-12-21(18)22(24(28)30)13-17-7-10-20(29)11-8-17/h7-12,14,16,22-23,29H,6,13,15,27H2,1-5H3/t16-,22-,23-/m0/s1. The Bertz CT molecular complexity index is 978. The molecule has 0 saturated carbocycles. The first-order valence-electron chi connectivity index (χ1n) is 11.2. The van der Waals surface area contributed by atoms with Gasteiger partial charge >= 0.3 is 5.97 Å². The van der Waals surface area contributed by atoms with Gasteiger partial charge in [-0.1, -0.05) is 38.5 Å². The molecule has 3 rings (SSSR count). The molecule has 1 amide bonds. The number of fused-ring (bicyclic) bond motifs is 1. The van der Waals surface area contributed by atoms with Gasteiger partial charge in [-0.25, -0.2) is 4.79 Å². The van der Waals surface area contributed by atoms with Crippen LogP contribution in [-0.2, 0) is 27.3 Å². The molecule has 6 nitrogen and oxygen atoms in total. The average Bonchev–Trinajstić information content (AvgIpc) is 2.71. The first-order chi connectivity index (χ1) is 15.0. The molecule has 3 atom stereocenters. The summed E-state index contributed by atoms with van der Waals surface area (Å²) in [4.78, 5) is 28.7. The quantitative estimate of drug-likeness (QED) is 0.515. The van der Waals surface area contributed by atoms with E-state index in [1.54, 1.807) is 17.0 Å². The van der Waals surface area contributed by atoms with Crippen LogP contribution in [0.25, 0.3) is 0 Å². The summed E-state index contributed by atoms with van der Waals surface area (Å²) in [5.74, 6) is -0.800. The van der Waals surface area contributed by atoms with Crippen molar-refractivity contribution in [1.82, 2.24) is 4.90 Å². The number of carbonyl (C=O) groups is 2. The number of anilines is 1. The zero-order valence-corrected chi connectivity index (χ0v) is 19.6. The summed E-state index contributed by atoms with van der Waals surface area (Å²) in [6.45, 7) is 9.81. The van der Waals surface area contributed by atoms with Crippen molar-refractivity contribution in [2.75, 3.05) is 5.73 Å². The monoisotopic (exact) mass is 438 g/mol. The largest absolute Gasteiger partial charge is 0.508 e. The van der Waals surface area contributed by atoms with Crippen LogP contribution in [0.4, 0.5) is 5.69 Å². The molecule has 0 aromatic heterocycles. The summed E-state index contributed by atoms with van der Waals surface area (Å²) < 4.78 is 5.72. The number of nitrogens with two attached hydrogens (primary N) is 1. The fourth-order valence-electron chi connectivity index (χ4n) is 4.25. The fourth-order valence-corrected chi connectivity index (χ4v) is 4.25. The molecule has 0 saturated heterocycles. The van der Waals surface area contributed by atoms with Crippen molar-refractivity contribution >= 4 is 17.6 Å². The lowest BCUT2D eigenvalue weighted by molar-refractivity contribution is -0.168. The predicted molar refractivity (Wildman–Crippen MR) is 125 cm³/mol. The number of hydrogen-bond acceptors (Lipinski definition) is 5. The van der Waals surface area contributed by atoms with Gasteiger partial charge in [-0.2, -0.15) is 0 Å². The van der Waals surface area contributed by atoms with Crippen LogP contribution in [0.2, 0.25) is 0 Å². The third kappa shape index (κ3) is 5.23. The van der Waals surface area contributed by atoms with Gasteiger partial charge in [-0.05, 0) is 74.1 Å². The number of amides is 1. The second-order valence-electron chi connectivity index (χ2n) is 9.71. The highest BCUT2D eigenvalue weighted by molar-refractivity contribution is 5.91. The van der Waals surface area contributed by atoms with Gasteiger partial charge in [0.25, 0.3) is 0 Å². The van der Waals surface area contributed by atoms with Gasteiger partial charge in [-0.15, -0.1) is 0 Å². The molecule has 2 aromatic carbocycles. The maximum absolute atomic E-state index is 13.8. The summed E-state index contributed by atoms with van der Waals surface area (Å²) in [5.41, 5.74) is 8.85. The molecule has 2 aromatic rings. The Hall–Kier alpha value is -3.02. The number of rotatable bonds is 6. The van der Waals surface area contributed by atoms with Gasteiger partial charge < -0.3 is 20.5 Å². The molecule has 0 aliphatic carbocycles. The zero-order chi connectivity index (χ0) is 23.6. The number of aromatic hydroxyl groups is 1. The lowest BCUT2D eigenvalue weighted by Gasteiger charge is -2.41. The number of carbonyl (C=O) groups excluding carboxylic acids is 2. The number of phenols is 1. The van der Waals surface area contributed by atoms with Gasteiger partial charge in [0.2, 0.25) is 5.91 Å². The number of nitrogen functional groups attached to an aromatic ring is 1. The lowest BCUT2D eigenvalue weighted by atomic mass is 9.82. The number of esters is 1. The van der Waals surface area contributed by atoms with Crippen molar-refractivity contribution in [1.29, 1.82) is 0 Å². The van der Waals surface area contributed by atoms with Gasteiger partial charge in [0.05, 0.1) is 5.92 Å². The van der Waals surface area contributed by atoms with Gasteiger partial charge in [-0.3, -0.25) is 4.79 Å². The molecule has 0 radical (unpaired) electrons. The Morgan fingerprint density at radius 1 is 1.22 bits per heavy atom. The molecular weight excluding hydrogens is 404 g/mol. The third-order valence-electron chi connectivity index (χ3n) is 6.01. The van der Waals surface area contributed by atoms with Crippen molar-refractivity contribution < 1.29 is 19.4 Å². The van der Waals surface area contributed by atoms with Crippen LogP contribution in [0, 0.1) is 5.92 Å². The van der Waals surface area contributed by atoms with Gasteiger partial charge in [0.15, 0.2) is 0 Å². The molecule has 32 heavy (non-hydrogen) atoms. The van der Waals surface area contributed by atoms with E-state index in [1.165, 1.54) is 0 Å². The normalized spacial score (nSPS) is 18.1. The maximum Gasteiger partial charge on any atom is 0.329 e. The minimum absolute atomic E-state index is 0.0641. The highest BCUT2D eigenvalue weighted by Crippen LogP contribution is 2.36. The topological polar surface area (TPSA) is 92.9 Å². The minimum Gasteiger partial charge on any atom is -0.508 e. The number of nitrogens with zero attached hydrogens (tertiary/aromatic N) is 1. The first kappa shape index (κ1) is 23.6. The molecule has 0 unspecified atom stereocenters. The Morgan fingerprint density at radius 3 is 2.47 bits per heavy atom. The molecule has 0 fully saturated rings. The third-order valence-corrected chi connectivity index (χ3v) is 6.01. The van der Waals surface area contributed by atoms with Crippen molar-refractivity contribution in [3.8, 4) is 5.75 Å². The van der Waals surface area contributed by atoms with Crippen LogP contribution >= 0.6 is 0 Å². The SMILES string of the molecule is CC[C@H](C)[C@@H](C(=O)OC(C)(C)C)N1Cc2cc(N)ccc2[C@H](Cc2ccc(O)cc2)C1=O. The zero-order valence-electron chi connectivity index (χ0n) is 19.6. The lowest BCUT2D eigenvalue weighted by Crippen LogP contribution is -2.53. The molecule has 6 heteroatoms. The smallest absolute Gasteiger partial charge is 0.329 e. The molecule has 172 valence electrons. The number of ether oxygens (including phenoxy) is 1. The van der Waals surface area contributed by atoms with E-state index in [4.69, 9.17) is 10.5 Å². The maximum atomic E-state index is 13.8. The van der Waals surface area contributed by atoms with Crippen LogP contribution in [0.1, 0.15) is 63.6 Å². The molecule has 1 aliphatic rings. The van der Waals surface area contributed by atoms with Crippen LogP contribution in [0.5, 0.6) is 5.75 Å². The van der Waals surface area contributed by atoms with Crippen molar-refractivity contribution in [2.45, 2.75) is 71.6 Å². The van der Waals surface area contributed by atoms with E-state index in [1.807, 2.05) is 65.0 Å². The molecule has 0 spiro atoms. The van der Waals surface area contributed by atoms with E-state index in [0.717, 1.165) is 23.1 Å². The van der Waals surface area contributed by atoms with Crippen LogP contribution in [-0.4, -0.2) is 33.5 Å². The summed E-state index contributed by atoms with van der Waals surface area (Å²) >= 11 is 0. The molecule has 1 aliphatic heterocycles. The second-order valence-corrected chi connectivity index (χ2v) is 9.71. The Morgan fingerprint density at radius 2 is 1.88 bits per heavy atom. The second kappa shape index (κ2) is 9.23. The number of phenolic OH excluding ortho intramolecular Hbond substituents is 1. The van der Waals surface area contributed by atoms with Gasteiger partial charge in [0, 0.05) is 12.2 Å². The van der Waals surface area contributed by atoms with E-state index in [-0.39, 0.29) is 23.5 Å². The average molecular weight is 439 g/mol. The number of benzene rings is 2. The highest BCUT2D eigenvalue weighted by Gasteiger charge is 2.42. The molecule has 3 N–H and O–H groups in total. The summed E-state index contributed by atoms with van der Waals surface area (Å²) in [6, 6.07) is 11.8. The Labute approximate surface area is 190 Å². The van der Waals surface area contributed by atoms with Crippen LogP contribution < -0.4 is 5.73 Å². The van der Waals surface area contributed by atoms with Crippen molar-refractivity contribution in [3.05, 3.63) is 59.2 Å². The van der Waals surface area contributed by atoms with Crippen molar-refractivity contribution in [2.24, 2.45) is 5.92 Å². The van der Waals surface area contributed by atoms with Gasteiger partial charge in [0.1, 0.15) is 17.4 Å². The summed E-state index contributed by atoms with van der Waals surface area (Å²) in [7, 11) is 0. The van der Waals surface area contributed by atoms with Crippen LogP contribution in [0.3, 0.4) is 0 Å². The summed E-state index contributed by atoms with van der Waals surface area (Å²) in [5, 5.41) is 9.62. The van der Waals surface area contributed by atoms with E-state index in [9.17, 15) is 14.7 Å². The van der Waals surface area contributed by atoms with E-state index in [0.29, 0.717) is 18.7 Å².